The van der Waals surface area contributed by atoms with Crippen LogP contribution in [0.4, 0.5) is 5.69 Å². The van der Waals surface area contributed by atoms with Crippen LogP contribution in [0.2, 0.25) is 5.02 Å². The van der Waals surface area contributed by atoms with Crippen molar-refractivity contribution in [1.82, 2.24) is 4.90 Å². The van der Waals surface area contributed by atoms with Gasteiger partial charge in [0.15, 0.2) is 0 Å². The standard InChI is InChI=1S/C20H22ClN3O5/c1-3-9(2)24-17(27)15-13(6-7-14(25)26)23-20(16(15)18(24)28)11-8-10(21)4-5-12(11)22-19(20)29/h4-5,8-9,13,15-16,23H,3,6-7H2,1-2H3,(H,22,29)(H,25,26)/t9-,13-,15-,16+,20-/m1/s1. The number of carboxylic acid groups (broad SMARTS) is 1. The number of anilines is 1. The Balaban J connectivity index is 1.85. The van der Waals surface area contributed by atoms with Gasteiger partial charge in [-0.2, -0.15) is 0 Å². The van der Waals surface area contributed by atoms with Crippen LogP contribution >= 0.6 is 11.6 Å². The molecule has 5 atom stereocenters. The van der Waals surface area contributed by atoms with Crippen molar-refractivity contribution in [1.29, 1.82) is 0 Å². The van der Waals surface area contributed by atoms with Gasteiger partial charge in [-0.15, -0.1) is 0 Å². The smallest absolute Gasteiger partial charge is 0.291 e. The van der Waals surface area contributed by atoms with E-state index in [1.54, 1.807) is 30.4 Å². The summed E-state index contributed by atoms with van der Waals surface area (Å²) in [5.74, 6) is -4.01. The largest absolute Gasteiger partial charge is 0.550 e. The zero-order valence-corrected chi connectivity index (χ0v) is 16.9. The number of nitrogens with two attached hydrogens (primary N) is 1. The lowest BCUT2D eigenvalue weighted by Crippen LogP contribution is -2.99. The molecular weight excluding hydrogens is 398 g/mol. The molecule has 3 amide bonds. The van der Waals surface area contributed by atoms with Gasteiger partial charge in [0.25, 0.3) is 5.91 Å². The van der Waals surface area contributed by atoms with Gasteiger partial charge in [-0.05, 0) is 38.0 Å². The number of halogens is 1. The van der Waals surface area contributed by atoms with Crippen LogP contribution in [-0.4, -0.2) is 40.7 Å². The first-order valence-corrected chi connectivity index (χ1v) is 10.1. The van der Waals surface area contributed by atoms with E-state index in [0.29, 0.717) is 22.7 Å². The highest BCUT2D eigenvalue weighted by Crippen LogP contribution is 2.50. The molecule has 0 aliphatic carbocycles. The van der Waals surface area contributed by atoms with Gasteiger partial charge in [0.05, 0.1) is 5.69 Å². The highest BCUT2D eigenvalue weighted by molar-refractivity contribution is 6.31. The quantitative estimate of drug-likeness (QED) is 0.615. The molecule has 8 nitrogen and oxygen atoms in total. The van der Waals surface area contributed by atoms with Crippen LogP contribution in [0.25, 0.3) is 0 Å². The molecule has 2 fully saturated rings. The number of likely N-dealkylation sites (tertiary alicyclic amines) is 1. The van der Waals surface area contributed by atoms with Gasteiger partial charge in [-0.3, -0.25) is 19.3 Å². The SMILES string of the molecule is CC[C@@H](C)N1C(=O)[C@H]2[C@@H](C1=O)[C@@]1([NH2+][C@@H]2CCC(=O)[O-])C(=O)Nc2ccc(Cl)cc21. The van der Waals surface area contributed by atoms with Crippen molar-refractivity contribution >= 4 is 41.0 Å². The zero-order chi connectivity index (χ0) is 21.1. The number of nitrogens with one attached hydrogen (secondary N) is 1. The number of aliphatic carboxylic acids is 1. The summed E-state index contributed by atoms with van der Waals surface area (Å²) in [5.41, 5.74) is -0.221. The van der Waals surface area contributed by atoms with Crippen LogP contribution < -0.4 is 15.7 Å². The number of rotatable bonds is 5. The van der Waals surface area contributed by atoms with Crippen LogP contribution in [0.3, 0.4) is 0 Å². The number of hydrogen-bond donors (Lipinski definition) is 2. The molecule has 2 saturated heterocycles. The Morgan fingerprint density at radius 2 is 2.07 bits per heavy atom. The van der Waals surface area contributed by atoms with Crippen LogP contribution in [0.15, 0.2) is 18.2 Å². The van der Waals surface area contributed by atoms with E-state index in [9.17, 15) is 24.3 Å². The summed E-state index contributed by atoms with van der Waals surface area (Å²) in [6.45, 7) is 3.68. The summed E-state index contributed by atoms with van der Waals surface area (Å²) in [6, 6.07) is 4.14. The Kier molecular flexibility index (Phi) is 4.66. The molecule has 154 valence electrons. The summed E-state index contributed by atoms with van der Waals surface area (Å²) in [4.78, 5) is 52.2. The molecule has 3 aliphatic heterocycles. The van der Waals surface area contributed by atoms with E-state index >= 15 is 0 Å². The maximum Gasteiger partial charge on any atom is 0.291 e. The molecule has 29 heavy (non-hydrogen) atoms. The summed E-state index contributed by atoms with van der Waals surface area (Å²) in [7, 11) is 0. The third kappa shape index (κ3) is 2.69. The van der Waals surface area contributed by atoms with Crippen LogP contribution in [-0.2, 0) is 24.7 Å². The van der Waals surface area contributed by atoms with Crippen molar-refractivity contribution in [2.24, 2.45) is 11.8 Å². The Labute approximate surface area is 172 Å². The minimum Gasteiger partial charge on any atom is -0.550 e. The zero-order valence-electron chi connectivity index (χ0n) is 16.1. The number of fused-ring (bicyclic) bond motifs is 4. The lowest BCUT2D eigenvalue weighted by atomic mass is 9.76. The first kappa shape index (κ1) is 19.8. The minimum absolute atomic E-state index is 0.127. The average Bonchev–Trinajstić information content (AvgIpc) is 3.25. The van der Waals surface area contributed by atoms with Crippen LogP contribution in [0.5, 0.6) is 0 Å². The van der Waals surface area contributed by atoms with Crippen molar-refractivity contribution < 1.29 is 29.6 Å². The van der Waals surface area contributed by atoms with Gasteiger partial charge in [-0.25, -0.2) is 0 Å². The van der Waals surface area contributed by atoms with Crippen molar-refractivity contribution in [2.45, 2.75) is 50.7 Å². The maximum atomic E-state index is 13.4. The first-order chi connectivity index (χ1) is 13.7. The number of nitrogens with zero attached hydrogens (tertiary/aromatic N) is 1. The summed E-state index contributed by atoms with van der Waals surface area (Å²) < 4.78 is 0. The fourth-order valence-electron chi connectivity index (χ4n) is 5.12. The molecule has 1 aromatic carbocycles. The van der Waals surface area contributed by atoms with Crippen LogP contribution in [0.1, 0.15) is 38.7 Å². The molecule has 4 rings (SSSR count). The molecule has 3 heterocycles. The third-order valence-electron chi connectivity index (χ3n) is 6.58. The van der Waals surface area contributed by atoms with Gasteiger partial charge in [0.2, 0.25) is 17.4 Å². The molecule has 0 radical (unpaired) electrons. The normalized spacial score (nSPS) is 31.2. The third-order valence-corrected chi connectivity index (χ3v) is 6.81. The van der Waals surface area contributed by atoms with Crippen molar-refractivity contribution in [3.63, 3.8) is 0 Å². The second-order valence-corrected chi connectivity index (χ2v) is 8.50. The molecule has 1 spiro atoms. The molecule has 0 bridgehead atoms. The van der Waals surface area contributed by atoms with E-state index in [4.69, 9.17) is 11.6 Å². The second kappa shape index (κ2) is 6.81. The molecule has 3 N–H and O–H groups in total. The van der Waals surface area contributed by atoms with E-state index < -0.39 is 29.4 Å². The number of carbonyl (C=O) groups excluding carboxylic acids is 4. The highest BCUT2D eigenvalue weighted by atomic mass is 35.5. The van der Waals surface area contributed by atoms with Gasteiger partial charge >= 0.3 is 0 Å². The summed E-state index contributed by atoms with van der Waals surface area (Å²) in [6.07, 6.45) is 0.461. The van der Waals surface area contributed by atoms with E-state index in [0.717, 1.165) is 0 Å². The predicted molar refractivity (Wildman–Crippen MR) is 100 cm³/mol. The lowest BCUT2D eigenvalue weighted by molar-refractivity contribution is -0.734. The minimum atomic E-state index is -1.34. The van der Waals surface area contributed by atoms with Gasteiger partial charge in [-0.1, -0.05) is 18.5 Å². The molecule has 1 aromatic rings. The lowest BCUT2D eigenvalue weighted by Gasteiger charge is -2.28. The fraction of sp³-hybridized carbons (Fsp3) is 0.500. The molecule has 3 aliphatic rings. The van der Waals surface area contributed by atoms with Gasteiger partial charge in [0.1, 0.15) is 17.9 Å². The number of imide groups is 1. The summed E-state index contributed by atoms with van der Waals surface area (Å²) in [5, 5.41) is 16.0. The van der Waals surface area contributed by atoms with E-state index in [1.807, 2.05) is 6.92 Å². The number of carbonyl (C=O) groups is 4. The predicted octanol–water partition coefficient (Wildman–Crippen LogP) is -0.637. The van der Waals surface area contributed by atoms with Gasteiger partial charge in [0, 0.05) is 29.0 Å². The molecular formula is C20H22ClN3O5. The van der Waals surface area contributed by atoms with E-state index in [-0.39, 0.29) is 36.6 Å². The second-order valence-electron chi connectivity index (χ2n) is 8.06. The fourth-order valence-corrected chi connectivity index (χ4v) is 5.30. The van der Waals surface area contributed by atoms with Crippen molar-refractivity contribution in [3.8, 4) is 0 Å². The molecule has 0 aromatic heterocycles. The Morgan fingerprint density at radius 1 is 1.34 bits per heavy atom. The molecule has 0 unspecified atom stereocenters. The number of benzene rings is 1. The van der Waals surface area contributed by atoms with E-state index in [1.165, 1.54) is 4.90 Å². The topological polar surface area (TPSA) is 123 Å². The number of amides is 3. The monoisotopic (exact) mass is 419 g/mol. The maximum absolute atomic E-state index is 13.4. The number of hydrogen-bond acceptors (Lipinski definition) is 5. The Bertz CT molecular complexity index is 935. The van der Waals surface area contributed by atoms with Crippen LogP contribution in [0, 0.1) is 11.8 Å². The number of carboxylic acids is 1. The summed E-state index contributed by atoms with van der Waals surface area (Å²) >= 11 is 6.18. The Morgan fingerprint density at radius 3 is 2.72 bits per heavy atom. The Hall–Kier alpha value is -2.45. The first-order valence-electron chi connectivity index (χ1n) is 9.76. The molecule has 9 heteroatoms. The van der Waals surface area contributed by atoms with Crippen molar-refractivity contribution in [3.05, 3.63) is 28.8 Å². The average molecular weight is 420 g/mol. The van der Waals surface area contributed by atoms with Gasteiger partial charge < -0.3 is 20.5 Å². The van der Waals surface area contributed by atoms with Crippen molar-refractivity contribution in [2.75, 3.05) is 5.32 Å². The highest BCUT2D eigenvalue weighted by Gasteiger charge is 2.74. The van der Waals surface area contributed by atoms with E-state index in [2.05, 4.69) is 5.32 Å². The molecule has 0 saturated carbocycles. The number of quaternary nitrogens is 1.